The number of aliphatic hydroxyl groups excluding tert-OH is 1. The van der Waals surface area contributed by atoms with Crippen molar-refractivity contribution in [2.45, 2.75) is 25.3 Å². The summed E-state index contributed by atoms with van der Waals surface area (Å²) in [7, 11) is 1.54. The number of rotatable bonds is 6. The van der Waals surface area contributed by atoms with E-state index in [1.54, 1.807) is 73.8 Å². The van der Waals surface area contributed by atoms with Crippen LogP contribution in [0.5, 0.6) is 11.5 Å². The molecule has 1 amide bonds. The van der Waals surface area contributed by atoms with Crippen molar-refractivity contribution in [2.75, 3.05) is 18.6 Å². The number of aliphatic hydroxyl groups is 1. The molecule has 2 heterocycles. The lowest BCUT2D eigenvalue weighted by molar-refractivity contribution is -0.136. The van der Waals surface area contributed by atoms with E-state index in [4.69, 9.17) is 14.6 Å². The number of anilines is 1. The fourth-order valence-corrected chi connectivity index (χ4v) is 4.81. The summed E-state index contributed by atoms with van der Waals surface area (Å²) in [6.45, 7) is 0.631. The largest absolute Gasteiger partial charge is 0.507 e. The normalized spacial score (nSPS) is 18.3. The molecule has 188 valence electrons. The smallest absolute Gasteiger partial charge is 0.307 e. The van der Waals surface area contributed by atoms with Gasteiger partial charge in [-0.1, -0.05) is 24.3 Å². The number of aliphatic carboxylic acids is 1. The summed E-state index contributed by atoms with van der Waals surface area (Å²) in [5.41, 5.74) is 2.91. The van der Waals surface area contributed by atoms with Gasteiger partial charge in [-0.25, -0.2) is 0 Å². The Morgan fingerprint density at radius 3 is 2.43 bits per heavy atom. The number of ketones is 1. The molecule has 0 spiro atoms. The Bertz CT molecular complexity index is 1410. The lowest BCUT2D eigenvalue weighted by atomic mass is 9.93. The molecule has 2 aliphatic heterocycles. The second kappa shape index (κ2) is 9.81. The van der Waals surface area contributed by atoms with E-state index >= 15 is 0 Å². The molecule has 1 unspecified atom stereocenters. The van der Waals surface area contributed by atoms with E-state index in [-0.39, 0.29) is 17.8 Å². The third-order valence-electron chi connectivity index (χ3n) is 6.63. The maximum atomic E-state index is 13.4. The molecule has 0 saturated carbocycles. The Balaban J connectivity index is 1.63. The maximum absolute atomic E-state index is 13.4. The zero-order chi connectivity index (χ0) is 26.1. The molecule has 1 saturated heterocycles. The second-order valence-corrected chi connectivity index (χ2v) is 8.95. The Morgan fingerprint density at radius 1 is 1.03 bits per heavy atom. The van der Waals surface area contributed by atoms with Gasteiger partial charge >= 0.3 is 5.97 Å². The van der Waals surface area contributed by atoms with Gasteiger partial charge in [0, 0.05) is 11.3 Å². The van der Waals surface area contributed by atoms with Crippen molar-refractivity contribution in [3.63, 3.8) is 0 Å². The van der Waals surface area contributed by atoms with Crippen LogP contribution in [0.15, 0.2) is 72.3 Å². The van der Waals surface area contributed by atoms with Crippen LogP contribution in [0.3, 0.4) is 0 Å². The SMILES string of the molecule is COc1ccc(C2/C(=C(/O)c3ccc4c(c3)CCCO4)C(=O)C(=O)N2c2ccc(CC(=O)O)cc2)cc1. The molecule has 0 aliphatic carbocycles. The van der Waals surface area contributed by atoms with Crippen molar-refractivity contribution >= 4 is 29.1 Å². The minimum Gasteiger partial charge on any atom is -0.507 e. The lowest BCUT2D eigenvalue weighted by Gasteiger charge is -2.26. The molecule has 3 aromatic rings. The molecule has 1 fully saturated rings. The summed E-state index contributed by atoms with van der Waals surface area (Å²) in [5.74, 6) is -1.47. The summed E-state index contributed by atoms with van der Waals surface area (Å²) >= 11 is 0. The number of hydrogen-bond acceptors (Lipinski definition) is 6. The Kier molecular flexibility index (Phi) is 6.40. The van der Waals surface area contributed by atoms with Crippen molar-refractivity contribution in [1.29, 1.82) is 0 Å². The van der Waals surface area contributed by atoms with Gasteiger partial charge in [0.15, 0.2) is 0 Å². The minimum atomic E-state index is -0.970. The highest BCUT2D eigenvalue weighted by Gasteiger charge is 2.47. The van der Waals surface area contributed by atoms with Crippen LogP contribution >= 0.6 is 0 Å². The van der Waals surface area contributed by atoms with E-state index in [1.165, 1.54) is 4.90 Å². The summed E-state index contributed by atoms with van der Waals surface area (Å²) in [6.07, 6.45) is 1.48. The van der Waals surface area contributed by atoms with Gasteiger partial charge in [-0.2, -0.15) is 0 Å². The lowest BCUT2D eigenvalue weighted by Crippen LogP contribution is -2.29. The number of fused-ring (bicyclic) bond motifs is 1. The molecule has 8 nitrogen and oxygen atoms in total. The van der Waals surface area contributed by atoms with Crippen LogP contribution in [-0.4, -0.2) is 41.6 Å². The van der Waals surface area contributed by atoms with E-state index in [2.05, 4.69) is 0 Å². The van der Waals surface area contributed by atoms with E-state index in [9.17, 15) is 19.5 Å². The fraction of sp³-hybridized carbons (Fsp3) is 0.207. The molecule has 0 bridgehead atoms. The molecule has 5 rings (SSSR count). The van der Waals surface area contributed by atoms with Gasteiger partial charge in [0.2, 0.25) is 0 Å². The third-order valence-corrected chi connectivity index (χ3v) is 6.63. The van der Waals surface area contributed by atoms with Crippen molar-refractivity contribution < 1.29 is 34.1 Å². The number of Topliss-reactive ketones (excluding diaryl/α,β-unsaturated/α-hetero) is 1. The Hall–Kier alpha value is -4.59. The van der Waals surface area contributed by atoms with Crippen molar-refractivity contribution in [1.82, 2.24) is 0 Å². The number of carbonyl (C=O) groups is 3. The van der Waals surface area contributed by atoms with Crippen LogP contribution < -0.4 is 14.4 Å². The summed E-state index contributed by atoms with van der Waals surface area (Å²) in [4.78, 5) is 39.1. The first-order valence-electron chi connectivity index (χ1n) is 11.9. The monoisotopic (exact) mass is 499 g/mol. The van der Waals surface area contributed by atoms with Gasteiger partial charge in [0.25, 0.3) is 11.7 Å². The average molecular weight is 500 g/mol. The van der Waals surface area contributed by atoms with Crippen LogP contribution in [-0.2, 0) is 27.2 Å². The van der Waals surface area contributed by atoms with Gasteiger partial charge in [-0.15, -0.1) is 0 Å². The quantitative estimate of drug-likeness (QED) is 0.296. The molecule has 2 N–H and O–H groups in total. The molecule has 3 aromatic carbocycles. The summed E-state index contributed by atoms with van der Waals surface area (Å²) < 4.78 is 10.9. The van der Waals surface area contributed by atoms with Crippen LogP contribution in [0.2, 0.25) is 0 Å². The van der Waals surface area contributed by atoms with Crippen LogP contribution in [0.25, 0.3) is 5.76 Å². The molecule has 0 aromatic heterocycles. The number of carboxylic acid groups (broad SMARTS) is 1. The highest BCUT2D eigenvalue weighted by atomic mass is 16.5. The number of nitrogens with zero attached hydrogens (tertiary/aromatic N) is 1. The zero-order valence-electron chi connectivity index (χ0n) is 20.1. The molecular formula is C29H25NO7. The van der Waals surface area contributed by atoms with Crippen molar-refractivity contribution in [2.24, 2.45) is 0 Å². The molecule has 0 radical (unpaired) electrons. The first-order chi connectivity index (χ1) is 17.9. The third kappa shape index (κ3) is 4.53. The number of carboxylic acids is 1. The maximum Gasteiger partial charge on any atom is 0.307 e. The predicted octanol–water partition coefficient (Wildman–Crippen LogP) is 4.27. The van der Waals surface area contributed by atoms with Crippen LogP contribution in [0.4, 0.5) is 5.69 Å². The summed E-state index contributed by atoms with van der Waals surface area (Å²) in [5, 5.41) is 20.5. The zero-order valence-corrected chi connectivity index (χ0v) is 20.1. The van der Waals surface area contributed by atoms with Crippen LogP contribution in [0, 0.1) is 0 Å². The molecule has 37 heavy (non-hydrogen) atoms. The predicted molar refractivity (Wildman–Crippen MR) is 136 cm³/mol. The standard InChI is InChI=1S/C29H25NO7/c1-36-22-11-6-18(7-12-22)26-25(27(33)20-8-13-23-19(16-20)3-2-14-37-23)28(34)29(35)30(26)21-9-4-17(5-10-21)15-24(31)32/h4-13,16,26,33H,2-3,14-15H2,1H3,(H,31,32)/b27-25-. The first kappa shape index (κ1) is 24.1. The number of amides is 1. The number of hydrogen-bond donors (Lipinski definition) is 2. The molecule has 2 aliphatic rings. The number of ether oxygens (including phenoxy) is 2. The second-order valence-electron chi connectivity index (χ2n) is 8.95. The topological polar surface area (TPSA) is 113 Å². The first-order valence-corrected chi connectivity index (χ1v) is 11.9. The van der Waals surface area contributed by atoms with E-state index in [1.807, 2.05) is 0 Å². The summed E-state index contributed by atoms with van der Waals surface area (Å²) in [6, 6.07) is 17.7. The Morgan fingerprint density at radius 2 is 1.76 bits per heavy atom. The van der Waals surface area contributed by atoms with E-state index in [0.717, 1.165) is 24.2 Å². The number of carbonyl (C=O) groups excluding carboxylic acids is 2. The average Bonchev–Trinajstić information content (AvgIpc) is 3.18. The number of benzene rings is 3. The van der Waals surface area contributed by atoms with Gasteiger partial charge in [0.1, 0.15) is 17.3 Å². The number of aryl methyl sites for hydroxylation is 1. The van der Waals surface area contributed by atoms with E-state index in [0.29, 0.717) is 34.7 Å². The molecule has 1 atom stereocenters. The van der Waals surface area contributed by atoms with Gasteiger partial charge in [0.05, 0.1) is 31.8 Å². The van der Waals surface area contributed by atoms with Gasteiger partial charge in [-0.05, 0) is 72.0 Å². The number of methoxy groups -OCH3 is 1. The molecular weight excluding hydrogens is 474 g/mol. The van der Waals surface area contributed by atoms with Gasteiger partial charge in [-0.3, -0.25) is 19.3 Å². The Labute approximate surface area is 213 Å². The van der Waals surface area contributed by atoms with Crippen LogP contribution in [0.1, 0.15) is 34.7 Å². The van der Waals surface area contributed by atoms with Gasteiger partial charge < -0.3 is 19.7 Å². The molecule has 8 heteroatoms. The highest BCUT2D eigenvalue weighted by molar-refractivity contribution is 6.51. The fourth-order valence-electron chi connectivity index (χ4n) is 4.81. The minimum absolute atomic E-state index is 0.0264. The van der Waals surface area contributed by atoms with E-state index < -0.39 is 23.7 Å². The van der Waals surface area contributed by atoms with Crippen molar-refractivity contribution in [3.05, 3.63) is 94.6 Å². The van der Waals surface area contributed by atoms with Crippen molar-refractivity contribution in [3.8, 4) is 11.5 Å². The highest BCUT2D eigenvalue weighted by Crippen LogP contribution is 2.43.